The molecule has 0 atom stereocenters. The lowest BCUT2D eigenvalue weighted by molar-refractivity contribution is -0.120. The number of hydrogen-bond donors (Lipinski definition) is 1. The summed E-state index contributed by atoms with van der Waals surface area (Å²) in [6.45, 7) is 1.10. The zero-order valence-corrected chi connectivity index (χ0v) is 13.6. The lowest BCUT2D eigenvalue weighted by atomic mass is 10.1. The second-order valence-electron chi connectivity index (χ2n) is 4.79. The van der Waals surface area contributed by atoms with Gasteiger partial charge < -0.3 is 14.8 Å². The first-order chi connectivity index (χ1) is 10.7. The number of methoxy groups -OCH3 is 2. The van der Waals surface area contributed by atoms with Crippen LogP contribution in [0.1, 0.15) is 16.3 Å². The maximum Gasteiger partial charge on any atom is 0.226 e. The van der Waals surface area contributed by atoms with Crippen LogP contribution in [0.4, 0.5) is 0 Å². The zero-order chi connectivity index (χ0) is 15.8. The van der Waals surface area contributed by atoms with Gasteiger partial charge in [-0.15, -0.1) is 11.3 Å². The quantitative estimate of drug-likeness (QED) is 0.810. The summed E-state index contributed by atoms with van der Waals surface area (Å²) >= 11 is 1.51. The Balaban J connectivity index is 1.72. The van der Waals surface area contributed by atoms with Crippen molar-refractivity contribution in [2.75, 3.05) is 20.8 Å². The minimum atomic E-state index is -0.0113. The summed E-state index contributed by atoms with van der Waals surface area (Å²) < 4.78 is 10.1. The first kappa shape index (κ1) is 16.5. The minimum Gasteiger partial charge on any atom is -0.497 e. The van der Waals surface area contributed by atoms with Crippen molar-refractivity contribution in [1.29, 1.82) is 0 Å². The van der Waals surface area contributed by atoms with Gasteiger partial charge in [0.05, 0.1) is 25.8 Å². The van der Waals surface area contributed by atoms with Crippen LogP contribution in [0.15, 0.2) is 29.6 Å². The third-order valence-corrected chi connectivity index (χ3v) is 3.97. The van der Waals surface area contributed by atoms with Gasteiger partial charge in [0.25, 0.3) is 0 Å². The number of rotatable bonds is 8. The average molecular weight is 320 g/mol. The molecule has 2 rings (SSSR count). The number of carbonyl (C=O) groups excluding carboxylic acids is 1. The smallest absolute Gasteiger partial charge is 0.226 e. The highest BCUT2D eigenvalue weighted by Gasteiger charge is 2.07. The fourth-order valence-corrected chi connectivity index (χ4v) is 2.75. The predicted molar refractivity (Wildman–Crippen MR) is 86.2 cm³/mol. The molecule has 1 amide bonds. The Morgan fingerprint density at radius 2 is 2.05 bits per heavy atom. The van der Waals surface area contributed by atoms with Crippen molar-refractivity contribution in [2.24, 2.45) is 0 Å². The molecule has 0 aliphatic rings. The van der Waals surface area contributed by atoms with Crippen molar-refractivity contribution in [3.63, 3.8) is 0 Å². The van der Waals surface area contributed by atoms with E-state index in [2.05, 4.69) is 10.3 Å². The number of amides is 1. The normalized spacial score (nSPS) is 10.5. The van der Waals surface area contributed by atoms with Crippen LogP contribution in [0.3, 0.4) is 0 Å². The van der Waals surface area contributed by atoms with Gasteiger partial charge in [-0.25, -0.2) is 4.98 Å². The van der Waals surface area contributed by atoms with E-state index in [1.807, 2.05) is 29.6 Å². The van der Waals surface area contributed by atoms with E-state index in [0.29, 0.717) is 19.6 Å². The molecule has 1 heterocycles. The highest BCUT2D eigenvalue weighted by molar-refractivity contribution is 7.09. The molecule has 1 aromatic carbocycles. The van der Waals surface area contributed by atoms with Crippen LogP contribution >= 0.6 is 11.3 Å². The van der Waals surface area contributed by atoms with Gasteiger partial charge >= 0.3 is 0 Å². The summed E-state index contributed by atoms with van der Waals surface area (Å²) in [4.78, 5) is 16.2. The maximum absolute atomic E-state index is 11.9. The molecule has 2 aromatic rings. The third-order valence-electron chi connectivity index (χ3n) is 3.10. The number of thiazole rings is 1. The summed E-state index contributed by atoms with van der Waals surface area (Å²) in [6.07, 6.45) is 1.10. The average Bonchev–Trinajstić information content (AvgIpc) is 2.95. The van der Waals surface area contributed by atoms with E-state index in [1.165, 1.54) is 11.3 Å². The van der Waals surface area contributed by atoms with Gasteiger partial charge in [0.15, 0.2) is 0 Å². The van der Waals surface area contributed by atoms with E-state index in [1.54, 1.807) is 14.2 Å². The fourth-order valence-electron chi connectivity index (χ4n) is 1.99. The molecule has 118 valence electrons. The molecule has 0 saturated heterocycles. The molecule has 22 heavy (non-hydrogen) atoms. The van der Waals surface area contributed by atoms with Crippen LogP contribution in [0, 0.1) is 0 Å². The first-order valence-corrected chi connectivity index (χ1v) is 7.91. The van der Waals surface area contributed by atoms with E-state index in [-0.39, 0.29) is 5.91 Å². The van der Waals surface area contributed by atoms with Crippen LogP contribution in [0.2, 0.25) is 0 Å². The lowest BCUT2D eigenvalue weighted by Crippen LogP contribution is -2.27. The van der Waals surface area contributed by atoms with Crippen LogP contribution in [0.5, 0.6) is 5.75 Å². The number of carbonyl (C=O) groups is 1. The summed E-state index contributed by atoms with van der Waals surface area (Å²) in [5.41, 5.74) is 1.95. The molecule has 0 fully saturated rings. The lowest BCUT2D eigenvalue weighted by Gasteiger charge is -2.05. The summed E-state index contributed by atoms with van der Waals surface area (Å²) in [7, 11) is 3.28. The van der Waals surface area contributed by atoms with Crippen LogP contribution in [-0.4, -0.2) is 31.7 Å². The number of ether oxygens (including phenoxy) is 2. The van der Waals surface area contributed by atoms with E-state index < -0.39 is 0 Å². The van der Waals surface area contributed by atoms with Crippen molar-refractivity contribution in [2.45, 2.75) is 19.4 Å². The molecule has 0 spiro atoms. The van der Waals surface area contributed by atoms with Crippen molar-refractivity contribution in [1.82, 2.24) is 10.3 Å². The third kappa shape index (κ3) is 5.13. The predicted octanol–water partition coefficient (Wildman–Crippen LogP) is 2.20. The summed E-state index contributed by atoms with van der Waals surface area (Å²) in [6, 6.07) is 7.85. The zero-order valence-electron chi connectivity index (χ0n) is 12.8. The van der Waals surface area contributed by atoms with Crippen LogP contribution in [-0.2, 0) is 29.0 Å². The highest BCUT2D eigenvalue weighted by atomic mass is 32.1. The molecular weight excluding hydrogens is 300 g/mol. The molecule has 6 heteroatoms. The topological polar surface area (TPSA) is 60.5 Å². The molecule has 0 bridgehead atoms. The van der Waals surface area contributed by atoms with Crippen molar-refractivity contribution in [3.8, 4) is 5.75 Å². The van der Waals surface area contributed by atoms with E-state index in [4.69, 9.17) is 9.47 Å². The number of nitrogens with zero attached hydrogens (tertiary/aromatic N) is 1. The van der Waals surface area contributed by atoms with Gasteiger partial charge in [0.1, 0.15) is 10.8 Å². The molecular formula is C16H20N2O3S. The van der Waals surface area contributed by atoms with Gasteiger partial charge in [0.2, 0.25) is 5.91 Å². The number of hydrogen-bond acceptors (Lipinski definition) is 5. The monoisotopic (exact) mass is 320 g/mol. The van der Waals surface area contributed by atoms with Gasteiger partial charge in [0, 0.05) is 19.0 Å². The molecule has 1 N–H and O–H groups in total. The molecule has 0 unspecified atom stereocenters. The maximum atomic E-state index is 11.9. The Bertz CT molecular complexity index is 596. The van der Waals surface area contributed by atoms with Crippen molar-refractivity contribution in [3.05, 3.63) is 45.9 Å². The molecule has 0 radical (unpaired) electrons. The van der Waals surface area contributed by atoms with Crippen LogP contribution in [0.25, 0.3) is 0 Å². The molecule has 0 saturated carbocycles. The van der Waals surface area contributed by atoms with E-state index in [9.17, 15) is 4.79 Å². The van der Waals surface area contributed by atoms with Gasteiger partial charge in [-0.05, 0) is 24.1 Å². The van der Waals surface area contributed by atoms with Crippen molar-refractivity contribution < 1.29 is 14.3 Å². The summed E-state index contributed by atoms with van der Waals surface area (Å²) in [5, 5.41) is 5.71. The Hall–Kier alpha value is -1.92. The second kappa shape index (κ2) is 8.51. The molecule has 0 aliphatic heterocycles. The Morgan fingerprint density at radius 1 is 1.27 bits per heavy atom. The molecule has 1 aromatic heterocycles. The van der Waals surface area contributed by atoms with Crippen LogP contribution < -0.4 is 10.1 Å². The Morgan fingerprint density at radius 3 is 2.73 bits per heavy atom. The second-order valence-corrected chi connectivity index (χ2v) is 5.73. The summed E-state index contributed by atoms with van der Waals surface area (Å²) in [5.74, 6) is 0.825. The fraction of sp³-hybridized carbons (Fsp3) is 0.375. The number of benzene rings is 1. The largest absolute Gasteiger partial charge is 0.497 e. The standard InChI is InChI=1S/C16H20N2O3S/c1-20-10-16-18-13(11-22-16)9-15(19)17-8-7-12-3-5-14(21-2)6-4-12/h3-6,11H,7-10H2,1-2H3,(H,17,19). The number of nitrogens with one attached hydrogen (secondary N) is 1. The minimum absolute atomic E-state index is 0.0113. The van der Waals surface area contributed by atoms with Gasteiger partial charge in [-0.3, -0.25) is 4.79 Å². The van der Waals surface area contributed by atoms with Crippen molar-refractivity contribution >= 4 is 17.2 Å². The van der Waals surface area contributed by atoms with E-state index >= 15 is 0 Å². The molecule has 0 aliphatic carbocycles. The van der Waals surface area contributed by atoms with E-state index in [0.717, 1.165) is 28.4 Å². The van der Waals surface area contributed by atoms with Gasteiger partial charge in [-0.1, -0.05) is 12.1 Å². The molecule has 5 nitrogen and oxygen atoms in total. The SMILES string of the molecule is COCc1nc(CC(=O)NCCc2ccc(OC)cc2)cs1. The Kier molecular flexibility index (Phi) is 6.36. The Labute approximate surface area is 134 Å². The highest BCUT2D eigenvalue weighted by Crippen LogP contribution is 2.12. The van der Waals surface area contributed by atoms with Gasteiger partial charge in [-0.2, -0.15) is 0 Å². The first-order valence-electron chi connectivity index (χ1n) is 7.03. The number of aromatic nitrogens is 1.